The van der Waals surface area contributed by atoms with Crippen molar-refractivity contribution in [3.8, 4) is 84.3 Å². The van der Waals surface area contributed by atoms with Crippen LogP contribution in [0.2, 0.25) is 0 Å². The van der Waals surface area contributed by atoms with Crippen LogP contribution < -0.4 is 9.30 Å². The van der Waals surface area contributed by atoms with Crippen molar-refractivity contribution in [2.45, 2.75) is 78.6 Å². The molecule has 5 nitrogen and oxygen atoms in total. The van der Waals surface area contributed by atoms with Crippen LogP contribution in [0.1, 0.15) is 79.0 Å². The van der Waals surface area contributed by atoms with Gasteiger partial charge in [-0.2, -0.15) is 18.2 Å². The van der Waals surface area contributed by atoms with E-state index in [0.717, 1.165) is 83.4 Å². The first-order valence-electron chi connectivity index (χ1n) is 26.8. The van der Waals surface area contributed by atoms with Crippen molar-refractivity contribution < 1.29 is 30.4 Å². The van der Waals surface area contributed by atoms with Gasteiger partial charge in [0.1, 0.15) is 5.82 Å². The van der Waals surface area contributed by atoms with Gasteiger partial charge in [-0.3, -0.25) is 4.57 Å². The molecule has 0 spiro atoms. The second kappa shape index (κ2) is 19.1. The van der Waals surface area contributed by atoms with Crippen molar-refractivity contribution in [2.75, 3.05) is 0 Å². The van der Waals surface area contributed by atoms with Crippen LogP contribution in [0, 0.1) is 18.5 Å². The molecule has 12 aromatic rings. The summed E-state index contributed by atoms with van der Waals surface area (Å²) in [6, 6.07) is 77.5. The second-order valence-corrected chi connectivity index (χ2v) is 23.7. The van der Waals surface area contributed by atoms with Crippen molar-refractivity contribution in [3.05, 3.63) is 235 Å². The smallest absolute Gasteiger partial charge is 0.268 e. The number of nitrogens with zero attached hydrogens (tertiary/aromatic N) is 4. The van der Waals surface area contributed by atoms with Gasteiger partial charge in [-0.15, -0.1) is 29.7 Å². The van der Waals surface area contributed by atoms with Crippen LogP contribution in [-0.2, 0) is 37.3 Å². The number of aromatic nitrogens is 4. The molecule has 0 amide bonds. The maximum atomic E-state index is 6.87. The zero-order valence-electron chi connectivity index (χ0n) is 45.6. The second-order valence-electron chi connectivity index (χ2n) is 23.7. The normalized spacial score (nSPS) is 12.3. The van der Waals surface area contributed by atoms with Gasteiger partial charge in [0.05, 0.1) is 16.7 Å². The number of hydrogen-bond donors (Lipinski definition) is 0. The zero-order valence-corrected chi connectivity index (χ0v) is 47.8. The van der Waals surface area contributed by atoms with Gasteiger partial charge in [-0.05, 0) is 118 Å². The molecule has 0 N–H and O–H groups in total. The standard InChI is InChI=1S/C72H60N4O.Pt/c1-70(2,3)49-36-37-73-67(42-49)76-64-35-32-47(48-38-50(71(4,5)6)41-51(39-48)72(7,8)9)40-63(64)60-34-33-54(44-66(60)76)77-53-23-17-22-52(43-53)74-45-75-68-55(46-20-11-10-12-21-46)28-18-29-61(68)58-26-15-13-24-56(58)57-25-14-16-27-59(57)62-30-19-31-65(74)69(62)75;/h10-42H,1-9H3;/q-2;. The van der Waals surface area contributed by atoms with Crippen molar-refractivity contribution in [1.82, 2.24) is 14.1 Å². The Morgan fingerprint density at radius 1 is 0.436 bits per heavy atom. The van der Waals surface area contributed by atoms with Gasteiger partial charge in [0, 0.05) is 44.3 Å². The maximum Gasteiger partial charge on any atom is 0.268 e. The Morgan fingerprint density at radius 3 is 1.72 bits per heavy atom. The summed E-state index contributed by atoms with van der Waals surface area (Å²) in [7, 11) is 0. The summed E-state index contributed by atoms with van der Waals surface area (Å²) in [6.45, 7) is 20.5. The third kappa shape index (κ3) is 8.79. The number of fused-ring (bicyclic) bond motifs is 10. The molecular weight excluding hydrogens is 1130 g/mol. The predicted molar refractivity (Wildman–Crippen MR) is 317 cm³/mol. The Bertz CT molecular complexity index is 4280. The molecule has 0 unspecified atom stereocenters. The molecule has 3 aromatic heterocycles. The monoisotopic (exact) mass is 1190 g/mol. The molecule has 1 aliphatic heterocycles. The van der Waals surface area contributed by atoms with Gasteiger partial charge in [0.15, 0.2) is 0 Å². The van der Waals surface area contributed by atoms with E-state index in [4.69, 9.17) is 9.72 Å². The fourth-order valence-corrected chi connectivity index (χ4v) is 11.3. The molecule has 6 heteroatoms. The van der Waals surface area contributed by atoms with Crippen LogP contribution in [0.15, 0.2) is 200 Å². The summed E-state index contributed by atoms with van der Waals surface area (Å²) < 4.78 is 13.5. The van der Waals surface area contributed by atoms with E-state index in [1.165, 1.54) is 38.9 Å². The minimum absolute atomic E-state index is 0. The minimum Gasteiger partial charge on any atom is -0.510 e. The first-order chi connectivity index (χ1) is 37.1. The SMILES string of the molecule is CC(C)(C)c1cc(-c2ccc3c(c2)c2ccc(Oc4[c-]c(-n5[c-][n+]6c7c(cccc75)-c5ccccc5-c5ccccc5-c5cccc(-c7ccccc7)c5-6)ccc4)[c-]c2n3-c2cc(C(C)(C)C)ccn2)cc(C(C)(C)C)c1.[Pt]. The molecule has 0 fully saturated rings. The van der Waals surface area contributed by atoms with E-state index in [-0.39, 0.29) is 37.3 Å². The first kappa shape index (κ1) is 50.7. The van der Waals surface area contributed by atoms with Gasteiger partial charge in [-0.25, -0.2) is 4.98 Å². The summed E-state index contributed by atoms with van der Waals surface area (Å²) in [4.78, 5) is 5.02. The first-order valence-corrected chi connectivity index (χ1v) is 26.8. The van der Waals surface area contributed by atoms with Crippen LogP contribution >= 0.6 is 0 Å². The quantitative estimate of drug-likeness (QED) is 0.123. The van der Waals surface area contributed by atoms with E-state index >= 15 is 0 Å². The van der Waals surface area contributed by atoms with Crippen molar-refractivity contribution in [1.29, 1.82) is 0 Å². The fraction of sp³-hybridized carbons (Fsp3) is 0.167. The summed E-state index contributed by atoms with van der Waals surface area (Å²) >= 11 is 0. The number of ether oxygens (including phenoxy) is 1. The van der Waals surface area contributed by atoms with Gasteiger partial charge < -0.3 is 13.9 Å². The van der Waals surface area contributed by atoms with Crippen LogP contribution in [0.4, 0.5) is 0 Å². The van der Waals surface area contributed by atoms with Crippen molar-refractivity contribution in [3.63, 3.8) is 0 Å². The van der Waals surface area contributed by atoms with Crippen LogP contribution in [0.3, 0.4) is 0 Å². The number of para-hydroxylation sites is 2. The molecule has 4 heterocycles. The molecule has 0 saturated heterocycles. The molecular formula is C72H60N4OPt-2. The molecule has 9 aromatic carbocycles. The van der Waals surface area contributed by atoms with Crippen LogP contribution in [0.5, 0.6) is 11.5 Å². The van der Waals surface area contributed by atoms with E-state index in [0.29, 0.717) is 11.5 Å². The molecule has 13 rings (SSSR count). The van der Waals surface area contributed by atoms with Gasteiger partial charge in [-0.1, -0.05) is 213 Å². The molecule has 78 heavy (non-hydrogen) atoms. The van der Waals surface area contributed by atoms with E-state index in [1.807, 2.05) is 24.4 Å². The van der Waals surface area contributed by atoms with Crippen molar-refractivity contribution in [2.24, 2.45) is 0 Å². The number of pyridine rings is 1. The average Bonchev–Trinajstić information content (AvgIpc) is 4.23. The zero-order chi connectivity index (χ0) is 53.0. The number of hydrogen-bond acceptors (Lipinski definition) is 2. The molecule has 0 aliphatic carbocycles. The Hall–Kier alpha value is -8.11. The van der Waals surface area contributed by atoms with E-state index in [9.17, 15) is 0 Å². The third-order valence-corrected chi connectivity index (χ3v) is 15.5. The van der Waals surface area contributed by atoms with Gasteiger partial charge in [0.25, 0.3) is 6.33 Å². The molecule has 0 atom stereocenters. The Labute approximate surface area is 472 Å². The largest absolute Gasteiger partial charge is 0.510 e. The third-order valence-electron chi connectivity index (χ3n) is 15.5. The van der Waals surface area contributed by atoms with Crippen LogP contribution in [-0.4, -0.2) is 14.1 Å². The number of benzene rings is 9. The summed E-state index contributed by atoms with van der Waals surface area (Å²) in [6.07, 6.45) is 5.83. The fourth-order valence-electron chi connectivity index (χ4n) is 11.3. The molecule has 0 bridgehead atoms. The van der Waals surface area contributed by atoms with E-state index < -0.39 is 0 Å². The molecule has 386 valence electrons. The summed E-state index contributed by atoms with van der Waals surface area (Å²) in [5.41, 5.74) is 21.2. The Morgan fingerprint density at radius 2 is 1.03 bits per heavy atom. The topological polar surface area (TPSA) is 35.9 Å². The van der Waals surface area contributed by atoms with E-state index in [1.54, 1.807) is 0 Å². The number of imidazole rings is 1. The average molecular weight is 1190 g/mol. The Balaban J connectivity index is 0.00000609. The summed E-state index contributed by atoms with van der Waals surface area (Å²) in [5.74, 6) is 1.97. The Kier molecular flexibility index (Phi) is 12.4. The van der Waals surface area contributed by atoms with Gasteiger partial charge >= 0.3 is 0 Å². The minimum atomic E-state index is -0.0758. The van der Waals surface area contributed by atoms with E-state index in [2.05, 4.69) is 270 Å². The van der Waals surface area contributed by atoms with Crippen molar-refractivity contribution >= 4 is 32.8 Å². The molecule has 0 saturated carbocycles. The van der Waals surface area contributed by atoms with Crippen LogP contribution in [0.25, 0.3) is 106 Å². The maximum absolute atomic E-state index is 6.87. The molecule has 1 aliphatic rings. The molecule has 0 radical (unpaired) electrons. The van der Waals surface area contributed by atoms with Gasteiger partial charge in [0.2, 0.25) is 0 Å². The predicted octanol–water partition coefficient (Wildman–Crippen LogP) is 18.1. The number of rotatable bonds is 6. The summed E-state index contributed by atoms with van der Waals surface area (Å²) in [5, 5.41) is 2.19.